The highest BCUT2D eigenvalue weighted by Crippen LogP contribution is 2.61. The second kappa shape index (κ2) is 6.45. The van der Waals surface area contributed by atoms with E-state index >= 15 is 0 Å². The molecule has 1 heterocycles. The Bertz CT molecular complexity index is 998. The summed E-state index contributed by atoms with van der Waals surface area (Å²) in [5.41, 5.74) is 3.68. The molecular formula is C25H26N2O2. The molecule has 7 rings (SSSR count). The van der Waals surface area contributed by atoms with Crippen molar-refractivity contribution in [2.24, 2.45) is 23.2 Å². The molecule has 148 valence electrons. The van der Waals surface area contributed by atoms with Gasteiger partial charge in [-0.3, -0.25) is 4.79 Å². The average Bonchev–Trinajstić information content (AvgIpc) is 3.11. The van der Waals surface area contributed by atoms with Gasteiger partial charge in [0.25, 0.3) is 0 Å². The number of hydrogen-bond acceptors (Lipinski definition) is 3. The summed E-state index contributed by atoms with van der Waals surface area (Å²) in [7, 11) is 0. The van der Waals surface area contributed by atoms with E-state index in [2.05, 4.69) is 10.3 Å². The Kier molecular flexibility index (Phi) is 3.84. The summed E-state index contributed by atoms with van der Waals surface area (Å²) in [6.45, 7) is 0. The third-order valence-electron chi connectivity index (χ3n) is 7.41. The van der Waals surface area contributed by atoms with E-state index < -0.39 is 0 Å². The molecule has 4 nitrogen and oxygen atoms in total. The minimum Gasteiger partial charge on any atom is -0.436 e. The number of para-hydroxylation sites is 2. The van der Waals surface area contributed by atoms with E-state index in [1.165, 1.54) is 38.5 Å². The van der Waals surface area contributed by atoms with Crippen LogP contribution in [-0.2, 0) is 4.79 Å². The maximum Gasteiger partial charge on any atom is 0.227 e. The average molecular weight is 386 g/mol. The number of benzene rings is 2. The van der Waals surface area contributed by atoms with Gasteiger partial charge in [-0.2, -0.15) is 0 Å². The van der Waals surface area contributed by atoms with Crippen LogP contribution in [0.4, 0.5) is 5.69 Å². The molecule has 0 spiro atoms. The molecule has 1 N–H and O–H groups in total. The van der Waals surface area contributed by atoms with Crippen molar-refractivity contribution in [1.29, 1.82) is 0 Å². The first-order chi connectivity index (χ1) is 14.1. The third-order valence-corrected chi connectivity index (χ3v) is 7.41. The van der Waals surface area contributed by atoms with E-state index in [4.69, 9.17) is 4.42 Å². The lowest BCUT2D eigenvalue weighted by Crippen LogP contribution is -2.47. The summed E-state index contributed by atoms with van der Waals surface area (Å²) < 4.78 is 5.84. The number of nitrogens with zero attached hydrogens (tertiary/aromatic N) is 1. The zero-order chi connectivity index (χ0) is 19.4. The van der Waals surface area contributed by atoms with Crippen molar-refractivity contribution in [3.63, 3.8) is 0 Å². The molecule has 0 radical (unpaired) electrons. The van der Waals surface area contributed by atoms with Crippen LogP contribution < -0.4 is 5.32 Å². The Labute approximate surface area is 170 Å². The lowest BCUT2D eigenvalue weighted by molar-refractivity contribution is -0.124. The second-order valence-electron chi connectivity index (χ2n) is 9.71. The van der Waals surface area contributed by atoms with E-state index in [0.717, 1.165) is 40.1 Å². The molecule has 1 amide bonds. The second-order valence-corrected chi connectivity index (χ2v) is 9.71. The van der Waals surface area contributed by atoms with Crippen molar-refractivity contribution in [1.82, 2.24) is 4.98 Å². The highest BCUT2D eigenvalue weighted by Gasteiger charge is 2.51. The van der Waals surface area contributed by atoms with E-state index in [-0.39, 0.29) is 11.3 Å². The van der Waals surface area contributed by atoms with Crippen molar-refractivity contribution >= 4 is 22.7 Å². The van der Waals surface area contributed by atoms with Gasteiger partial charge in [0.1, 0.15) is 5.52 Å². The van der Waals surface area contributed by atoms with Crippen LogP contribution in [0.1, 0.15) is 44.9 Å². The van der Waals surface area contributed by atoms with E-state index in [1.54, 1.807) is 0 Å². The van der Waals surface area contributed by atoms with Gasteiger partial charge < -0.3 is 9.73 Å². The van der Waals surface area contributed by atoms with Crippen LogP contribution in [0.2, 0.25) is 0 Å². The molecule has 4 aliphatic rings. The molecule has 4 heteroatoms. The highest BCUT2D eigenvalue weighted by atomic mass is 16.3. The lowest BCUT2D eigenvalue weighted by Gasteiger charge is -2.56. The number of carbonyl (C=O) groups excluding carboxylic acids is 1. The first kappa shape index (κ1) is 17.3. The monoisotopic (exact) mass is 386 g/mol. The van der Waals surface area contributed by atoms with Gasteiger partial charge in [0.15, 0.2) is 5.58 Å². The third kappa shape index (κ3) is 3.15. The zero-order valence-corrected chi connectivity index (χ0v) is 16.6. The highest BCUT2D eigenvalue weighted by molar-refractivity contribution is 5.91. The summed E-state index contributed by atoms with van der Waals surface area (Å²) in [4.78, 5) is 17.4. The first-order valence-corrected chi connectivity index (χ1v) is 10.9. The Balaban J connectivity index is 1.14. The van der Waals surface area contributed by atoms with E-state index in [1.807, 2.05) is 48.5 Å². The van der Waals surface area contributed by atoms with Crippen LogP contribution in [0, 0.1) is 23.2 Å². The van der Waals surface area contributed by atoms with Gasteiger partial charge in [0.05, 0.1) is 0 Å². The smallest absolute Gasteiger partial charge is 0.227 e. The fourth-order valence-corrected chi connectivity index (χ4v) is 6.74. The summed E-state index contributed by atoms with van der Waals surface area (Å²) in [6.07, 6.45) is 8.73. The number of carbonyl (C=O) groups is 1. The van der Waals surface area contributed by atoms with E-state index in [9.17, 15) is 4.79 Å². The maximum absolute atomic E-state index is 12.8. The fourth-order valence-electron chi connectivity index (χ4n) is 6.74. The van der Waals surface area contributed by atoms with Crippen LogP contribution in [-0.4, -0.2) is 10.9 Å². The predicted octanol–water partition coefficient (Wildman–Crippen LogP) is 6.04. The topological polar surface area (TPSA) is 55.1 Å². The largest absolute Gasteiger partial charge is 0.436 e. The van der Waals surface area contributed by atoms with Crippen LogP contribution in [0.3, 0.4) is 0 Å². The number of amides is 1. The molecule has 0 aliphatic heterocycles. The molecule has 0 saturated heterocycles. The summed E-state index contributed by atoms with van der Waals surface area (Å²) in [5.74, 6) is 3.41. The van der Waals surface area contributed by atoms with Crippen LogP contribution in [0.5, 0.6) is 0 Å². The molecule has 29 heavy (non-hydrogen) atoms. The SMILES string of the molecule is O=C(CC12CC3CC(CC(C3)C1)C2)Nc1ccc(-c2nc3ccccc3o2)cc1. The fraction of sp³-hybridized carbons (Fsp3) is 0.440. The number of rotatable bonds is 4. The lowest BCUT2D eigenvalue weighted by atomic mass is 9.49. The van der Waals surface area contributed by atoms with Crippen LogP contribution in [0.25, 0.3) is 22.6 Å². The minimum atomic E-state index is 0.168. The van der Waals surface area contributed by atoms with Crippen molar-refractivity contribution in [3.05, 3.63) is 48.5 Å². The zero-order valence-electron chi connectivity index (χ0n) is 16.6. The van der Waals surface area contributed by atoms with Crippen LogP contribution in [0.15, 0.2) is 52.9 Å². The Morgan fingerprint density at radius 1 is 0.966 bits per heavy atom. The summed E-state index contributed by atoms with van der Waals surface area (Å²) in [6, 6.07) is 15.6. The first-order valence-electron chi connectivity index (χ1n) is 10.9. The van der Waals surface area contributed by atoms with Gasteiger partial charge in [-0.25, -0.2) is 4.98 Å². The van der Waals surface area contributed by atoms with Crippen LogP contribution >= 0.6 is 0 Å². The molecule has 4 aliphatic carbocycles. The molecule has 4 saturated carbocycles. The van der Waals surface area contributed by atoms with Crippen molar-refractivity contribution in [3.8, 4) is 11.5 Å². The molecule has 3 aromatic rings. The molecule has 0 atom stereocenters. The van der Waals surface area contributed by atoms with Gasteiger partial charge in [-0.05, 0) is 98.1 Å². The van der Waals surface area contributed by atoms with Gasteiger partial charge in [-0.15, -0.1) is 0 Å². The number of oxazole rings is 1. The number of fused-ring (bicyclic) bond motifs is 1. The van der Waals surface area contributed by atoms with E-state index in [0.29, 0.717) is 12.3 Å². The number of nitrogens with one attached hydrogen (secondary N) is 1. The van der Waals surface area contributed by atoms with Crippen molar-refractivity contribution in [2.45, 2.75) is 44.9 Å². The van der Waals surface area contributed by atoms with Gasteiger partial charge >= 0.3 is 0 Å². The van der Waals surface area contributed by atoms with Gasteiger partial charge in [0, 0.05) is 17.7 Å². The quantitative estimate of drug-likeness (QED) is 0.595. The molecule has 4 bridgehead atoms. The van der Waals surface area contributed by atoms with Gasteiger partial charge in [0.2, 0.25) is 11.8 Å². The summed E-state index contributed by atoms with van der Waals surface area (Å²) in [5, 5.41) is 3.13. The molecule has 4 fully saturated rings. The molecule has 1 aromatic heterocycles. The maximum atomic E-state index is 12.8. The van der Waals surface area contributed by atoms with Gasteiger partial charge in [-0.1, -0.05) is 12.1 Å². The van der Waals surface area contributed by atoms with Crippen molar-refractivity contribution in [2.75, 3.05) is 5.32 Å². The number of hydrogen-bond donors (Lipinski definition) is 1. The normalized spacial score (nSPS) is 30.0. The summed E-state index contributed by atoms with van der Waals surface area (Å²) >= 11 is 0. The molecular weight excluding hydrogens is 360 g/mol. The number of anilines is 1. The Morgan fingerprint density at radius 3 is 2.28 bits per heavy atom. The predicted molar refractivity (Wildman–Crippen MR) is 113 cm³/mol. The number of aromatic nitrogens is 1. The molecule has 0 unspecified atom stereocenters. The standard InChI is InChI=1S/C25H26N2O2/c28-23(15-25-12-16-9-17(13-25)11-18(10-16)14-25)26-20-7-5-19(6-8-20)24-27-21-3-1-2-4-22(21)29-24/h1-8,16-18H,9-15H2,(H,26,28). The minimum absolute atomic E-state index is 0.168. The molecule has 2 aromatic carbocycles. The van der Waals surface area contributed by atoms with Crippen molar-refractivity contribution < 1.29 is 9.21 Å². The Hall–Kier alpha value is -2.62. The Morgan fingerprint density at radius 2 is 1.62 bits per heavy atom.